The Morgan fingerprint density at radius 2 is 1.64 bits per heavy atom. The predicted molar refractivity (Wildman–Crippen MR) is 164 cm³/mol. The molecule has 3 rings (SSSR count). The molecule has 224 valence electrons. The predicted octanol–water partition coefficient (Wildman–Crippen LogP) is 5.08. The second kappa shape index (κ2) is 14.5. The molecule has 1 atom stereocenters. The van der Waals surface area contributed by atoms with Gasteiger partial charge >= 0.3 is 0 Å². The molecule has 0 aliphatic rings. The number of amides is 2. The summed E-state index contributed by atoms with van der Waals surface area (Å²) in [4.78, 5) is 39.7. The summed E-state index contributed by atoms with van der Waals surface area (Å²) < 4.78 is 26.5. The number of rotatable bonds is 13. The number of carbonyl (C=O) groups excluding carboxylic acids is 2. The van der Waals surface area contributed by atoms with Gasteiger partial charge < -0.3 is 10.2 Å². The van der Waals surface area contributed by atoms with E-state index in [-0.39, 0.29) is 35.3 Å². The van der Waals surface area contributed by atoms with Gasteiger partial charge in [-0.25, -0.2) is 8.42 Å². The molecule has 0 heterocycles. The van der Waals surface area contributed by atoms with Gasteiger partial charge in [0.2, 0.25) is 21.8 Å². The highest BCUT2D eigenvalue weighted by Crippen LogP contribution is 2.26. The zero-order valence-electron chi connectivity index (χ0n) is 23.4. The number of anilines is 1. The summed E-state index contributed by atoms with van der Waals surface area (Å²) in [5.41, 5.74) is 0.955. The highest BCUT2D eigenvalue weighted by molar-refractivity contribution is 7.92. The van der Waals surface area contributed by atoms with Crippen molar-refractivity contribution < 1.29 is 22.9 Å². The summed E-state index contributed by atoms with van der Waals surface area (Å²) in [6, 6.07) is 17.9. The Kier molecular flexibility index (Phi) is 11.3. The van der Waals surface area contributed by atoms with Crippen LogP contribution in [0.1, 0.15) is 25.0 Å². The van der Waals surface area contributed by atoms with Gasteiger partial charge in [0, 0.05) is 31.6 Å². The lowest BCUT2D eigenvalue weighted by atomic mass is 10.0. The Morgan fingerprint density at radius 1 is 0.952 bits per heavy atom. The average molecular weight is 636 g/mol. The van der Waals surface area contributed by atoms with Gasteiger partial charge in [-0.1, -0.05) is 79.5 Å². The first kappa shape index (κ1) is 32.8. The van der Waals surface area contributed by atoms with Crippen molar-refractivity contribution >= 4 is 56.4 Å². The SMILES string of the molecule is CC(C)CNC(=O)[C@@H](Cc1ccccc1)N(Cc1ccc(Cl)c(Cl)c1)C(=O)CN(c1cccc([N+](=O)[O-])c1)S(C)(=O)=O. The smallest absolute Gasteiger partial charge is 0.271 e. The Balaban J connectivity index is 2.08. The van der Waals surface area contributed by atoms with Gasteiger partial charge in [0.05, 0.1) is 26.9 Å². The van der Waals surface area contributed by atoms with E-state index < -0.39 is 39.3 Å². The van der Waals surface area contributed by atoms with E-state index in [1.807, 2.05) is 44.2 Å². The third-order valence-corrected chi connectivity index (χ3v) is 8.18. The third kappa shape index (κ3) is 9.17. The molecule has 0 fully saturated rings. The number of nitrogens with zero attached hydrogens (tertiary/aromatic N) is 3. The molecule has 0 aromatic heterocycles. The highest BCUT2D eigenvalue weighted by Gasteiger charge is 2.33. The number of sulfonamides is 1. The number of nitro benzene ring substituents is 1. The molecule has 3 aromatic rings. The molecule has 2 amide bonds. The summed E-state index contributed by atoms with van der Waals surface area (Å²) in [7, 11) is -4.08. The number of carbonyl (C=O) groups is 2. The second-order valence-corrected chi connectivity index (χ2v) is 12.9. The second-order valence-electron chi connectivity index (χ2n) is 10.2. The lowest BCUT2D eigenvalue weighted by molar-refractivity contribution is -0.384. The Labute approximate surface area is 255 Å². The monoisotopic (exact) mass is 634 g/mol. The maximum absolute atomic E-state index is 14.1. The van der Waals surface area contributed by atoms with Crippen molar-refractivity contribution in [1.29, 1.82) is 0 Å². The number of benzene rings is 3. The Bertz CT molecular complexity index is 1540. The number of halogens is 2. The first-order valence-electron chi connectivity index (χ1n) is 13.0. The van der Waals surface area contributed by atoms with Crippen LogP contribution in [0.5, 0.6) is 0 Å². The van der Waals surface area contributed by atoms with Crippen LogP contribution in [0.2, 0.25) is 10.0 Å². The molecule has 0 aliphatic carbocycles. The molecule has 0 saturated heterocycles. The van der Waals surface area contributed by atoms with Crippen molar-refractivity contribution in [3.05, 3.63) is 104 Å². The number of hydrogen-bond donors (Lipinski definition) is 1. The lowest BCUT2D eigenvalue weighted by Gasteiger charge is -2.33. The molecule has 0 spiro atoms. The van der Waals surface area contributed by atoms with E-state index in [1.165, 1.54) is 23.1 Å². The molecule has 0 aliphatic heterocycles. The van der Waals surface area contributed by atoms with E-state index >= 15 is 0 Å². The zero-order valence-corrected chi connectivity index (χ0v) is 25.7. The third-order valence-electron chi connectivity index (χ3n) is 6.30. The fraction of sp³-hybridized carbons (Fsp3) is 0.310. The average Bonchev–Trinajstić information content (AvgIpc) is 2.94. The summed E-state index contributed by atoms with van der Waals surface area (Å²) in [6.45, 7) is 3.45. The van der Waals surface area contributed by atoms with Gasteiger partial charge in [0.15, 0.2) is 0 Å². The van der Waals surface area contributed by atoms with Gasteiger partial charge in [-0.2, -0.15) is 0 Å². The largest absolute Gasteiger partial charge is 0.354 e. The first-order valence-corrected chi connectivity index (χ1v) is 15.6. The first-order chi connectivity index (χ1) is 19.8. The minimum absolute atomic E-state index is 0.0570. The summed E-state index contributed by atoms with van der Waals surface area (Å²) >= 11 is 12.3. The van der Waals surface area contributed by atoms with Crippen molar-refractivity contribution in [2.24, 2.45) is 5.92 Å². The van der Waals surface area contributed by atoms with Crippen LogP contribution in [-0.4, -0.2) is 55.4 Å². The molecule has 13 heteroatoms. The minimum atomic E-state index is -4.08. The summed E-state index contributed by atoms with van der Waals surface area (Å²) in [5, 5.41) is 14.8. The van der Waals surface area contributed by atoms with Crippen LogP contribution in [0, 0.1) is 16.0 Å². The van der Waals surface area contributed by atoms with E-state index in [1.54, 1.807) is 18.2 Å². The van der Waals surface area contributed by atoms with Crippen LogP contribution in [0.25, 0.3) is 0 Å². The molecular weight excluding hydrogens is 603 g/mol. The van der Waals surface area contributed by atoms with Crippen LogP contribution in [0.4, 0.5) is 11.4 Å². The molecule has 1 N–H and O–H groups in total. The number of hydrogen-bond acceptors (Lipinski definition) is 6. The maximum atomic E-state index is 14.1. The quantitative estimate of drug-likeness (QED) is 0.206. The Hall–Kier alpha value is -3.67. The fourth-order valence-corrected chi connectivity index (χ4v) is 5.35. The highest BCUT2D eigenvalue weighted by atomic mass is 35.5. The fourth-order valence-electron chi connectivity index (χ4n) is 4.19. The molecule has 0 bridgehead atoms. The zero-order chi connectivity index (χ0) is 31.0. The minimum Gasteiger partial charge on any atom is -0.354 e. The van der Waals surface area contributed by atoms with Crippen LogP contribution in [0.15, 0.2) is 72.8 Å². The summed E-state index contributed by atoms with van der Waals surface area (Å²) in [6.07, 6.45) is 1.05. The molecule has 42 heavy (non-hydrogen) atoms. The van der Waals surface area contributed by atoms with Gasteiger partial charge in [-0.3, -0.25) is 24.0 Å². The van der Waals surface area contributed by atoms with Crippen molar-refractivity contribution in [1.82, 2.24) is 10.2 Å². The van der Waals surface area contributed by atoms with Crippen LogP contribution in [-0.2, 0) is 32.6 Å². The van der Waals surface area contributed by atoms with E-state index in [9.17, 15) is 28.1 Å². The number of nitrogens with one attached hydrogen (secondary N) is 1. The van der Waals surface area contributed by atoms with Crippen molar-refractivity contribution in [3.63, 3.8) is 0 Å². The molecule has 0 radical (unpaired) electrons. The molecular formula is C29H32Cl2N4O6S. The summed E-state index contributed by atoms with van der Waals surface area (Å²) in [5.74, 6) is -0.971. The van der Waals surface area contributed by atoms with E-state index in [2.05, 4.69) is 5.32 Å². The molecule has 0 saturated carbocycles. The van der Waals surface area contributed by atoms with E-state index in [4.69, 9.17) is 23.2 Å². The van der Waals surface area contributed by atoms with Crippen LogP contribution in [0.3, 0.4) is 0 Å². The van der Waals surface area contributed by atoms with Gasteiger partial charge in [0.25, 0.3) is 5.69 Å². The van der Waals surface area contributed by atoms with Crippen molar-refractivity contribution in [3.8, 4) is 0 Å². The molecule has 10 nitrogen and oxygen atoms in total. The molecule has 3 aromatic carbocycles. The van der Waals surface area contributed by atoms with Gasteiger partial charge in [-0.15, -0.1) is 0 Å². The van der Waals surface area contributed by atoms with Crippen LogP contribution < -0.4 is 9.62 Å². The Morgan fingerprint density at radius 3 is 2.24 bits per heavy atom. The normalized spacial score (nSPS) is 12.0. The van der Waals surface area contributed by atoms with Gasteiger partial charge in [0.1, 0.15) is 12.6 Å². The van der Waals surface area contributed by atoms with Gasteiger partial charge in [-0.05, 0) is 35.2 Å². The van der Waals surface area contributed by atoms with Crippen molar-refractivity contribution in [2.75, 3.05) is 23.7 Å². The maximum Gasteiger partial charge on any atom is 0.271 e. The molecule has 0 unspecified atom stereocenters. The standard InChI is InChI=1S/C29H32Cl2N4O6S/c1-20(2)17-32-29(37)27(15-21-8-5-4-6-9-21)33(18-22-12-13-25(30)26(31)14-22)28(36)19-34(42(3,40)41)23-10-7-11-24(16-23)35(38)39/h4-14,16,20,27H,15,17-19H2,1-3H3,(H,32,37)/t27-/m1/s1. The van der Waals surface area contributed by atoms with E-state index in [0.717, 1.165) is 22.2 Å². The van der Waals surface area contributed by atoms with Crippen LogP contribution >= 0.6 is 23.2 Å². The number of nitro groups is 1. The lowest BCUT2D eigenvalue weighted by Crippen LogP contribution is -2.53. The number of non-ortho nitro benzene ring substituents is 1. The van der Waals surface area contributed by atoms with E-state index in [0.29, 0.717) is 17.1 Å². The topological polar surface area (TPSA) is 130 Å². The van der Waals surface area contributed by atoms with Crippen molar-refractivity contribution in [2.45, 2.75) is 32.9 Å².